The molecule has 0 spiro atoms. The molecule has 3 N–H and O–H groups in total. The van der Waals surface area contributed by atoms with Crippen molar-refractivity contribution in [3.05, 3.63) is 40.0 Å². The Labute approximate surface area is 168 Å². The molecule has 0 aliphatic heterocycles. The van der Waals surface area contributed by atoms with E-state index in [4.69, 9.17) is 27.7 Å². The second-order valence-corrected chi connectivity index (χ2v) is 8.18. The van der Waals surface area contributed by atoms with Gasteiger partial charge in [-0.05, 0) is 18.2 Å². The molecule has 2 rings (SSSR count). The van der Waals surface area contributed by atoms with E-state index < -0.39 is 0 Å². The molecule has 146 valence electrons. The highest BCUT2D eigenvalue weighted by molar-refractivity contribution is 6.42. The number of anilines is 2. The molecule has 1 atom stereocenters. The van der Waals surface area contributed by atoms with Crippen molar-refractivity contribution in [2.45, 2.75) is 26.2 Å². The molecule has 1 aromatic carbocycles. The Bertz CT molecular complexity index is 830. The molecule has 0 saturated heterocycles. The van der Waals surface area contributed by atoms with E-state index in [1.54, 1.807) is 31.3 Å². The molecule has 27 heavy (non-hydrogen) atoms. The summed E-state index contributed by atoms with van der Waals surface area (Å²) in [6.45, 7) is 6.21. The monoisotopic (exact) mass is 413 g/mol. The van der Waals surface area contributed by atoms with Gasteiger partial charge in [0.05, 0.1) is 22.8 Å². The van der Waals surface area contributed by atoms with Crippen LogP contribution in [-0.4, -0.2) is 37.1 Å². The summed E-state index contributed by atoms with van der Waals surface area (Å²) in [5.74, 6) is -0.224. The van der Waals surface area contributed by atoms with Gasteiger partial charge in [-0.15, -0.1) is 0 Å². The van der Waals surface area contributed by atoms with Crippen molar-refractivity contribution in [3.8, 4) is 0 Å². The van der Waals surface area contributed by atoms with E-state index in [-0.39, 0.29) is 36.2 Å². The number of amides is 2. The molecule has 1 unspecified atom stereocenters. The lowest BCUT2D eigenvalue weighted by Crippen LogP contribution is -3.11. The maximum absolute atomic E-state index is 12.1. The summed E-state index contributed by atoms with van der Waals surface area (Å²) in [4.78, 5) is 24.9. The quantitative estimate of drug-likeness (QED) is 0.677. The Morgan fingerprint density at radius 3 is 2.26 bits per heavy atom. The molecule has 0 radical (unpaired) electrons. The van der Waals surface area contributed by atoms with Gasteiger partial charge in [0.2, 0.25) is 5.88 Å². The SMILES string of the molecule is C[NH+](CC(=O)Nc1ccc(Cl)c(Cl)c1)CC(=O)Nc1cc(C(C)(C)C)no1. The molecular weight excluding hydrogens is 391 g/mol. The van der Waals surface area contributed by atoms with Gasteiger partial charge < -0.3 is 14.7 Å². The number of carbonyl (C=O) groups excluding carboxylic acids is 2. The maximum atomic E-state index is 12.1. The van der Waals surface area contributed by atoms with Crippen LogP contribution in [0.25, 0.3) is 0 Å². The largest absolute Gasteiger partial charge is 0.338 e. The summed E-state index contributed by atoms with van der Waals surface area (Å²) in [6, 6.07) is 6.53. The number of carbonyl (C=O) groups is 2. The summed E-state index contributed by atoms with van der Waals surface area (Å²) in [5.41, 5.74) is 1.12. The molecule has 0 bridgehead atoms. The first-order valence-electron chi connectivity index (χ1n) is 8.38. The van der Waals surface area contributed by atoms with Gasteiger partial charge in [0.1, 0.15) is 0 Å². The summed E-state index contributed by atoms with van der Waals surface area (Å²) in [7, 11) is 1.75. The standard InChI is InChI=1S/C18H22Cl2N4O3/c1-18(2,3)14-8-17(27-23-14)22-16(26)10-24(4)9-15(25)21-11-5-6-12(19)13(20)7-11/h5-8H,9-10H2,1-4H3,(H,21,25)(H,22,26)/p+1. The van der Waals surface area contributed by atoms with Gasteiger partial charge in [-0.1, -0.05) is 49.1 Å². The molecule has 1 heterocycles. The maximum Gasteiger partial charge on any atom is 0.281 e. The van der Waals surface area contributed by atoms with Gasteiger partial charge in [-0.25, -0.2) is 0 Å². The van der Waals surface area contributed by atoms with Crippen molar-refractivity contribution in [2.75, 3.05) is 30.8 Å². The number of hydrogen-bond donors (Lipinski definition) is 3. The van der Waals surface area contributed by atoms with Crippen LogP contribution in [-0.2, 0) is 15.0 Å². The van der Waals surface area contributed by atoms with Crippen molar-refractivity contribution >= 4 is 46.6 Å². The number of likely N-dealkylation sites (N-methyl/N-ethyl adjacent to an activating group) is 1. The molecule has 7 nitrogen and oxygen atoms in total. The Balaban J connectivity index is 1.82. The fourth-order valence-electron chi connectivity index (χ4n) is 2.26. The fourth-order valence-corrected chi connectivity index (χ4v) is 2.56. The molecule has 0 fully saturated rings. The zero-order valence-electron chi connectivity index (χ0n) is 15.7. The minimum atomic E-state index is -0.272. The molecular formula is C18H23Cl2N4O3+. The van der Waals surface area contributed by atoms with Crippen LogP contribution in [0, 0.1) is 0 Å². The van der Waals surface area contributed by atoms with Crippen molar-refractivity contribution in [3.63, 3.8) is 0 Å². The molecule has 0 aliphatic rings. The van der Waals surface area contributed by atoms with Crippen molar-refractivity contribution in [1.82, 2.24) is 5.16 Å². The van der Waals surface area contributed by atoms with Gasteiger partial charge >= 0.3 is 0 Å². The minimum Gasteiger partial charge on any atom is -0.338 e. The zero-order chi connectivity index (χ0) is 20.2. The topological polar surface area (TPSA) is 88.7 Å². The highest BCUT2D eigenvalue weighted by Gasteiger charge is 2.21. The number of rotatable bonds is 6. The van der Waals surface area contributed by atoms with Gasteiger partial charge in [-0.2, -0.15) is 0 Å². The third kappa shape index (κ3) is 6.53. The van der Waals surface area contributed by atoms with Crippen LogP contribution in [0.1, 0.15) is 26.5 Å². The first-order chi connectivity index (χ1) is 12.5. The first-order valence-corrected chi connectivity index (χ1v) is 9.13. The lowest BCUT2D eigenvalue weighted by atomic mass is 9.92. The number of nitrogens with one attached hydrogen (secondary N) is 3. The highest BCUT2D eigenvalue weighted by atomic mass is 35.5. The fraction of sp³-hybridized carbons (Fsp3) is 0.389. The lowest BCUT2D eigenvalue weighted by molar-refractivity contribution is -0.862. The van der Waals surface area contributed by atoms with Gasteiger partial charge in [0, 0.05) is 17.2 Å². The summed E-state index contributed by atoms with van der Waals surface area (Å²) < 4.78 is 5.13. The average molecular weight is 414 g/mol. The van der Waals surface area contributed by atoms with Crippen molar-refractivity contribution in [2.24, 2.45) is 0 Å². The number of aromatic nitrogens is 1. The minimum absolute atomic E-state index is 0.0976. The number of quaternary nitrogens is 1. The summed E-state index contributed by atoms with van der Waals surface area (Å²) in [5, 5.41) is 10.1. The molecule has 9 heteroatoms. The third-order valence-electron chi connectivity index (χ3n) is 3.67. The Hall–Kier alpha value is -2.09. The van der Waals surface area contributed by atoms with Crippen LogP contribution < -0.4 is 15.5 Å². The van der Waals surface area contributed by atoms with E-state index >= 15 is 0 Å². The molecule has 0 aliphatic carbocycles. The number of hydrogen-bond acceptors (Lipinski definition) is 4. The smallest absolute Gasteiger partial charge is 0.281 e. The van der Waals surface area contributed by atoms with Crippen LogP contribution in [0.2, 0.25) is 10.0 Å². The molecule has 2 aromatic rings. The number of benzene rings is 1. The predicted octanol–water partition coefficient (Wildman–Crippen LogP) is 2.37. The van der Waals surface area contributed by atoms with Crippen LogP contribution in [0.5, 0.6) is 0 Å². The van der Waals surface area contributed by atoms with Crippen LogP contribution >= 0.6 is 23.2 Å². The van der Waals surface area contributed by atoms with E-state index in [9.17, 15) is 9.59 Å². The zero-order valence-corrected chi connectivity index (χ0v) is 17.2. The predicted molar refractivity (Wildman–Crippen MR) is 106 cm³/mol. The normalized spacial score (nSPS) is 12.5. The Morgan fingerprint density at radius 2 is 1.70 bits per heavy atom. The number of halogens is 2. The van der Waals surface area contributed by atoms with E-state index in [2.05, 4.69) is 15.8 Å². The van der Waals surface area contributed by atoms with Crippen LogP contribution in [0.15, 0.2) is 28.8 Å². The van der Waals surface area contributed by atoms with Crippen molar-refractivity contribution < 1.29 is 19.0 Å². The first kappa shape index (κ1) is 21.2. The number of nitrogens with zero attached hydrogens (tertiary/aromatic N) is 1. The van der Waals surface area contributed by atoms with E-state index in [0.29, 0.717) is 20.6 Å². The second-order valence-electron chi connectivity index (χ2n) is 7.36. The van der Waals surface area contributed by atoms with Gasteiger partial charge in [-0.3, -0.25) is 14.9 Å². The molecule has 0 saturated carbocycles. The van der Waals surface area contributed by atoms with E-state index in [1.807, 2.05) is 20.8 Å². The molecule has 2 amide bonds. The van der Waals surface area contributed by atoms with Crippen molar-refractivity contribution in [1.29, 1.82) is 0 Å². The molecule has 1 aromatic heterocycles. The van der Waals surface area contributed by atoms with Crippen LogP contribution in [0.3, 0.4) is 0 Å². The third-order valence-corrected chi connectivity index (χ3v) is 4.41. The van der Waals surface area contributed by atoms with E-state index in [1.165, 1.54) is 0 Å². The van der Waals surface area contributed by atoms with E-state index in [0.717, 1.165) is 5.69 Å². The Kier molecular flexibility index (Phi) is 6.86. The van der Waals surface area contributed by atoms with Crippen LogP contribution in [0.4, 0.5) is 11.6 Å². The average Bonchev–Trinajstić information content (AvgIpc) is 2.99. The summed E-state index contributed by atoms with van der Waals surface area (Å²) in [6.07, 6.45) is 0. The second kappa shape index (κ2) is 8.73. The van der Waals surface area contributed by atoms with Gasteiger partial charge in [0.15, 0.2) is 13.1 Å². The van der Waals surface area contributed by atoms with Gasteiger partial charge in [0.25, 0.3) is 11.8 Å². The Morgan fingerprint density at radius 1 is 1.07 bits per heavy atom. The summed E-state index contributed by atoms with van der Waals surface area (Å²) >= 11 is 11.8. The highest BCUT2D eigenvalue weighted by Crippen LogP contribution is 2.25. The lowest BCUT2D eigenvalue weighted by Gasteiger charge is -2.13.